The number of nitrogens with zero attached hydrogens (tertiary/aromatic N) is 2. The van der Waals surface area contributed by atoms with Gasteiger partial charge in [-0.1, -0.05) is 23.9 Å². The summed E-state index contributed by atoms with van der Waals surface area (Å²) in [5.74, 6) is -0.839. The quantitative estimate of drug-likeness (QED) is 0.444. The molecule has 128 valence electrons. The summed E-state index contributed by atoms with van der Waals surface area (Å²) in [4.78, 5) is 40.2. The molecule has 0 aliphatic rings. The summed E-state index contributed by atoms with van der Waals surface area (Å²) in [5.41, 5.74) is 0.278. The van der Waals surface area contributed by atoms with Crippen LogP contribution in [0.25, 0.3) is 10.9 Å². The van der Waals surface area contributed by atoms with Crippen LogP contribution in [0.15, 0.2) is 34.2 Å². The fraction of sp³-hybridized carbons (Fsp3) is 0.375. The lowest BCUT2D eigenvalue weighted by molar-refractivity contribution is -0.141. The molecule has 1 aromatic carbocycles. The largest absolute Gasteiger partial charge is 0.469 e. The van der Waals surface area contributed by atoms with Gasteiger partial charge in [-0.3, -0.25) is 19.0 Å². The molecule has 2 rings (SSSR count). The van der Waals surface area contributed by atoms with E-state index in [-0.39, 0.29) is 18.5 Å². The van der Waals surface area contributed by atoms with E-state index in [4.69, 9.17) is 4.74 Å². The number of methoxy groups -OCH3 is 2. The van der Waals surface area contributed by atoms with Gasteiger partial charge >= 0.3 is 11.9 Å². The molecule has 0 N–H and O–H groups in total. The van der Waals surface area contributed by atoms with Crippen molar-refractivity contribution in [1.29, 1.82) is 0 Å². The predicted octanol–water partition coefficient (Wildman–Crippen LogP) is 1.61. The summed E-state index contributed by atoms with van der Waals surface area (Å²) < 4.78 is 10.7. The number of hydrogen-bond donors (Lipinski definition) is 0. The van der Waals surface area contributed by atoms with Crippen LogP contribution in [0.4, 0.5) is 0 Å². The zero-order valence-electron chi connectivity index (χ0n) is 13.6. The number of benzene rings is 1. The first-order valence-corrected chi connectivity index (χ1v) is 8.16. The van der Waals surface area contributed by atoms with Crippen LogP contribution in [-0.4, -0.2) is 41.0 Å². The third-order valence-corrected chi connectivity index (χ3v) is 4.48. The Morgan fingerprint density at radius 2 is 1.96 bits per heavy atom. The second-order valence-electron chi connectivity index (χ2n) is 4.98. The van der Waals surface area contributed by atoms with Crippen LogP contribution in [0.2, 0.25) is 0 Å². The highest BCUT2D eigenvalue weighted by Gasteiger charge is 2.20. The molecule has 0 unspecified atom stereocenters. The lowest BCUT2D eigenvalue weighted by atomic mass is 10.2. The van der Waals surface area contributed by atoms with Crippen LogP contribution in [0.1, 0.15) is 13.3 Å². The van der Waals surface area contributed by atoms with Crippen molar-refractivity contribution in [2.45, 2.75) is 30.3 Å². The maximum absolute atomic E-state index is 12.7. The molecule has 1 heterocycles. The molecule has 0 aliphatic carbocycles. The maximum Gasteiger partial charge on any atom is 0.318 e. The average molecular weight is 350 g/mol. The Kier molecular flexibility index (Phi) is 5.97. The number of fused-ring (bicyclic) bond motifs is 1. The molecule has 1 aromatic heterocycles. The van der Waals surface area contributed by atoms with Crippen LogP contribution >= 0.6 is 11.8 Å². The highest BCUT2D eigenvalue weighted by Crippen LogP contribution is 2.23. The van der Waals surface area contributed by atoms with Gasteiger partial charge in [0.25, 0.3) is 5.56 Å². The van der Waals surface area contributed by atoms with Crippen LogP contribution in [0, 0.1) is 0 Å². The molecule has 8 heteroatoms. The molecule has 0 saturated heterocycles. The highest BCUT2D eigenvalue weighted by atomic mass is 32.2. The Balaban J connectivity index is 2.47. The van der Waals surface area contributed by atoms with Crippen molar-refractivity contribution < 1.29 is 19.1 Å². The summed E-state index contributed by atoms with van der Waals surface area (Å²) in [6, 6.07) is 6.94. The van der Waals surface area contributed by atoms with Gasteiger partial charge in [-0.25, -0.2) is 4.98 Å². The lowest BCUT2D eigenvalue weighted by Gasteiger charge is -2.15. The Morgan fingerprint density at radius 1 is 1.25 bits per heavy atom. The van der Waals surface area contributed by atoms with Crippen LogP contribution in [0.3, 0.4) is 0 Å². The molecule has 0 spiro atoms. The number of carbonyl (C=O) groups excluding carboxylic acids is 2. The lowest BCUT2D eigenvalue weighted by Crippen LogP contribution is -2.26. The minimum atomic E-state index is -0.535. The summed E-state index contributed by atoms with van der Waals surface area (Å²) in [6.07, 6.45) is 0.0383. The molecule has 0 aliphatic heterocycles. The fourth-order valence-corrected chi connectivity index (χ4v) is 3.07. The second kappa shape index (κ2) is 7.96. The van der Waals surface area contributed by atoms with E-state index in [1.807, 2.05) is 0 Å². The zero-order chi connectivity index (χ0) is 17.7. The number of para-hydroxylation sites is 1. The molecule has 0 bridgehead atoms. The molecular formula is C16H18N2O5S. The monoisotopic (exact) mass is 350 g/mol. The first kappa shape index (κ1) is 18.0. The standard InChI is InChI=1S/C16H18N2O5S/c1-10(15(21)23-3)24-16-17-12-7-5-4-6-11(12)14(20)18(16)9-8-13(19)22-2/h4-7,10H,8-9H2,1-3H3/t10-/m0/s1. The van der Waals surface area contributed by atoms with E-state index in [0.717, 1.165) is 11.8 Å². The third kappa shape index (κ3) is 3.94. The van der Waals surface area contributed by atoms with E-state index in [2.05, 4.69) is 9.72 Å². The highest BCUT2D eigenvalue weighted by molar-refractivity contribution is 8.00. The van der Waals surface area contributed by atoms with E-state index in [1.165, 1.54) is 18.8 Å². The Bertz CT molecular complexity index is 818. The zero-order valence-corrected chi connectivity index (χ0v) is 14.5. The number of rotatable bonds is 6. The number of esters is 2. The van der Waals surface area contributed by atoms with E-state index in [9.17, 15) is 14.4 Å². The van der Waals surface area contributed by atoms with Crippen molar-refractivity contribution in [3.8, 4) is 0 Å². The van der Waals surface area contributed by atoms with Gasteiger partial charge in [-0.15, -0.1) is 0 Å². The number of hydrogen-bond acceptors (Lipinski definition) is 7. The van der Waals surface area contributed by atoms with Crippen molar-refractivity contribution in [2.75, 3.05) is 14.2 Å². The summed E-state index contributed by atoms with van der Waals surface area (Å²) in [7, 11) is 2.59. The summed E-state index contributed by atoms with van der Waals surface area (Å²) >= 11 is 1.12. The maximum atomic E-state index is 12.7. The van der Waals surface area contributed by atoms with Gasteiger partial charge in [0, 0.05) is 6.54 Å². The van der Waals surface area contributed by atoms with Crippen molar-refractivity contribution in [1.82, 2.24) is 9.55 Å². The van der Waals surface area contributed by atoms with Gasteiger partial charge in [-0.05, 0) is 19.1 Å². The molecule has 24 heavy (non-hydrogen) atoms. The van der Waals surface area contributed by atoms with E-state index in [1.54, 1.807) is 31.2 Å². The van der Waals surface area contributed by atoms with E-state index >= 15 is 0 Å². The van der Waals surface area contributed by atoms with Crippen LogP contribution in [-0.2, 0) is 25.6 Å². The van der Waals surface area contributed by atoms with Gasteiger partial charge < -0.3 is 9.47 Å². The molecule has 7 nitrogen and oxygen atoms in total. The van der Waals surface area contributed by atoms with Gasteiger partial charge in [-0.2, -0.15) is 0 Å². The number of ether oxygens (including phenoxy) is 2. The predicted molar refractivity (Wildman–Crippen MR) is 90.0 cm³/mol. The van der Waals surface area contributed by atoms with Crippen molar-refractivity contribution in [2.24, 2.45) is 0 Å². The van der Waals surface area contributed by atoms with Crippen LogP contribution in [0.5, 0.6) is 0 Å². The molecule has 1 atom stereocenters. The normalized spacial score (nSPS) is 12.0. The van der Waals surface area contributed by atoms with Gasteiger partial charge in [0.15, 0.2) is 5.16 Å². The minimum absolute atomic E-state index is 0.0383. The number of thioether (sulfide) groups is 1. The van der Waals surface area contributed by atoms with Gasteiger partial charge in [0.05, 0.1) is 31.5 Å². The van der Waals surface area contributed by atoms with Crippen LogP contribution < -0.4 is 5.56 Å². The molecule has 0 radical (unpaired) electrons. The van der Waals surface area contributed by atoms with Crippen molar-refractivity contribution in [3.05, 3.63) is 34.6 Å². The van der Waals surface area contributed by atoms with E-state index < -0.39 is 17.2 Å². The summed E-state index contributed by atoms with van der Waals surface area (Å²) in [6.45, 7) is 1.79. The van der Waals surface area contributed by atoms with Crippen molar-refractivity contribution in [3.63, 3.8) is 0 Å². The molecule has 0 saturated carbocycles. The minimum Gasteiger partial charge on any atom is -0.469 e. The molecule has 0 amide bonds. The molecule has 2 aromatic rings. The average Bonchev–Trinajstić information content (AvgIpc) is 2.60. The van der Waals surface area contributed by atoms with Gasteiger partial charge in [0.2, 0.25) is 0 Å². The summed E-state index contributed by atoms with van der Waals surface area (Å²) in [5, 5.41) is 0.283. The second-order valence-corrected chi connectivity index (χ2v) is 6.29. The fourth-order valence-electron chi connectivity index (χ4n) is 2.11. The molecule has 0 fully saturated rings. The van der Waals surface area contributed by atoms with E-state index in [0.29, 0.717) is 16.1 Å². The smallest absolute Gasteiger partial charge is 0.318 e. The first-order chi connectivity index (χ1) is 11.5. The Hall–Kier alpha value is -2.35. The Morgan fingerprint density at radius 3 is 2.62 bits per heavy atom. The SMILES string of the molecule is COC(=O)CCn1c(S[C@@H](C)C(=O)OC)nc2ccccc2c1=O. The Labute approximate surface area is 143 Å². The molecular weight excluding hydrogens is 332 g/mol. The first-order valence-electron chi connectivity index (χ1n) is 7.28. The third-order valence-electron chi connectivity index (χ3n) is 3.41. The number of carbonyl (C=O) groups is 2. The van der Waals surface area contributed by atoms with Gasteiger partial charge in [0.1, 0.15) is 5.25 Å². The van der Waals surface area contributed by atoms with Crippen molar-refractivity contribution >= 4 is 34.6 Å². The topological polar surface area (TPSA) is 87.5 Å². The number of aromatic nitrogens is 2.